The summed E-state index contributed by atoms with van der Waals surface area (Å²) in [6.07, 6.45) is 0. The summed E-state index contributed by atoms with van der Waals surface area (Å²) in [5, 5.41) is 8.76. The molecule has 5 nitrogen and oxygen atoms in total. The van der Waals surface area contributed by atoms with Gasteiger partial charge in [-0.05, 0) is 42.0 Å². The van der Waals surface area contributed by atoms with Crippen LogP contribution in [0.15, 0.2) is 78.9 Å². The average molecular weight is 371 g/mol. The molecular weight excluding hydrogens is 354 g/mol. The van der Waals surface area contributed by atoms with Gasteiger partial charge in [-0.1, -0.05) is 42.5 Å². The van der Waals surface area contributed by atoms with Crippen LogP contribution in [0, 0.1) is 11.3 Å². The zero-order valence-corrected chi connectivity index (χ0v) is 15.0. The SMILES string of the molecule is N#Cc1ccc(COC(=O)COc2ccc(C(=O)c3ccccc3)cc2)cc1. The highest BCUT2D eigenvalue weighted by Crippen LogP contribution is 2.15. The molecule has 0 saturated heterocycles. The van der Waals surface area contributed by atoms with Crippen molar-refractivity contribution in [3.05, 3.63) is 101 Å². The molecule has 0 heterocycles. The Bertz CT molecular complexity index is 988. The molecule has 0 aliphatic carbocycles. The molecule has 0 amide bonds. The molecule has 3 aromatic rings. The maximum atomic E-state index is 12.4. The molecule has 3 rings (SSSR count). The number of hydrogen-bond acceptors (Lipinski definition) is 5. The van der Waals surface area contributed by atoms with Crippen molar-refractivity contribution in [3.63, 3.8) is 0 Å². The molecule has 3 aromatic carbocycles. The van der Waals surface area contributed by atoms with Gasteiger partial charge in [-0.25, -0.2) is 4.79 Å². The van der Waals surface area contributed by atoms with Gasteiger partial charge < -0.3 is 9.47 Å². The summed E-state index contributed by atoms with van der Waals surface area (Å²) >= 11 is 0. The van der Waals surface area contributed by atoms with E-state index in [1.165, 1.54) is 0 Å². The Kier molecular flexibility index (Phi) is 6.17. The first kappa shape index (κ1) is 18.9. The van der Waals surface area contributed by atoms with Crippen LogP contribution < -0.4 is 4.74 Å². The highest BCUT2D eigenvalue weighted by Gasteiger charge is 2.09. The quantitative estimate of drug-likeness (QED) is 0.465. The van der Waals surface area contributed by atoms with Crippen LogP contribution >= 0.6 is 0 Å². The number of nitriles is 1. The molecule has 0 atom stereocenters. The van der Waals surface area contributed by atoms with Gasteiger partial charge in [0.1, 0.15) is 12.4 Å². The van der Waals surface area contributed by atoms with Gasteiger partial charge in [0.15, 0.2) is 12.4 Å². The van der Waals surface area contributed by atoms with Gasteiger partial charge in [-0.15, -0.1) is 0 Å². The molecule has 0 unspecified atom stereocenters. The van der Waals surface area contributed by atoms with Gasteiger partial charge in [0.25, 0.3) is 0 Å². The van der Waals surface area contributed by atoms with Crippen molar-refractivity contribution in [3.8, 4) is 11.8 Å². The molecule has 28 heavy (non-hydrogen) atoms. The summed E-state index contributed by atoms with van der Waals surface area (Å²) in [5.41, 5.74) is 2.49. The van der Waals surface area contributed by atoms with E-state index in [-0.39, 0.29) is 19.0 Å². The lowest BCUT2D eigenvalue weighted by molar-refractivity contribution is -0.147. The number of nitrogens with zero attached hydrogens (tertiary/aromatic N) is 1. The predicted octanol–water partition coefficient (Wildman–Crippen LogP) is 3.91. The number of benzene rings is 3. The lowest BCUT2D eigenvalue weighted by Gasteiger charge is -2.08. The second-order valence-corrected chi connectivity index (χ2v) is 5.98. The zero-order valence-electron chi connectivity index (χ0n) is 15.0. The van der Waals surface area contributed by atoms with Crippen molar-refractivity contribution in [2.75, 3.05) is 6.61 Å². The van der Waals surface area contributed by atoms with Gasteiger partial charge in [-0.2, -0.15) is 5.26 Å². The topological polar surface area (TPSA) is 76.4 Å². The Morgan fingerprint density at radius 3 is 2.11 bits per heavy atom. The Morgan fingerprint density at radius 1 is 0.821 bits per heavy atom. The van der Waals surface area contributed by atoms with Crippen molar-refractivity contribution in [2.45, 2.75) is 6.61 Å². The zero-order chi connectivity index (χ0) is 19.8. The highest BCUT2D eigenvalue weighted by molar-refractivity contribution is 6.08. The highest BCUT2D eigenvalue weighted by atomic mass is 16.6. The van der Waals surface area contributed by atoms with E-state index in [4.69, 9.17) is 14.7 Å². The summed E-state index contributed by atoms with van der Waals surface area (Å²) in [6, 6.07) is 24.4. The van der Waals surface area contributed by atoms with E-state index < -0.39 is 5.97 Å². The van der Waals surface area contributed by atoms with E-state index in [0.29, 0.717) is 22.4 Å². The molecule has 5 heteroatoms. The van der Waals surface area contributed by atoms with E-state index in [2.05, 4.69) is 0 Å². The standard InChI is InChI=1S/C23H17NO4/c24-14-17-6-8-18(9-7-17)15-28-22(25)16-27-21-12-10-20(11-13-21)23(26)19-4-2-1-3-5-19/h1-13H,15-16H2. The van der Waals surface area contributed by atoms with Crippen molar-refractivity contribution >= 4 is 11.8 Å². The number of ketones is 1. The third-order valence-electron chi connectivity index (χ3n) is 3.99. The van der Waals surface area contributed by atoms with Gasteiger partial charge in [0.05, 0.1) is 11.6 Å². The molecule has 0 N–H and O–H groups in total. The number of ether oxygens (including phenoxy) is 2. The summed E-state index contributed by atoms with van der Waals surface area (Å²) in [5.74, 6) is -0.109. The van der Waals surface area contributed by atoms with Crippen molar-refractivity contribution in [1.29, 1.82) is 5.26 Å². The molecule has 0 aliphatic rings. The summed E-state index contributed by atoms with van der Waals surface area (Å²) in [6.45, 7) is -0.124. The monoisotopic (exact) mass is 371 g/mol. The van der Waals surface area contributed by atoms with Crippen molar-refractivity contribution < 1.29 is 19.1 Å². The van der Waals surface area contributed by atoms with E-state index in [9.17, 15) is 9.59 Å². The fourth-order valence-electron chi connectivity index (χ4n) is 2.48. The van der Waals surface area contributed by atoms with Crippen LogP contribution in [0.3, 0.4) is 0 Å². The predicted molar refractivity (Wildman–Crippen MR) is 103 cm³/mol. The van der Waals surface area contributed by atoms with Gasteiger partial charge in [-0.3, -0.25) is 4.79 Å². The molecule has 0 radical (unpaired) electrons. The minimum absolute atomic E-state index is 0.0750. The molecule has 138 valence electrons. The summed E-state index contributed by atoms with van der Waals surface area (Å²) in [4.78, 5) is 24.2. The Hall–Kier alpha value is -3.91. The number of esters is 1. The van der Waals surface area contributed by atoms with Crippen LogP contribution in [0.1, 0.15) is 27.0 Å². The molecular formula is C23H17NO4. The molecule has 0 saturated carbocycles. The van der Waals surface area contributed by atoms with E-state index in [1.807, 2.05) is 24.3 Å². The van der Waals surface area contributed by atoms with Crippen LogP contribution in [0.5, 0.6) is 5.75 Å². The average Bonchev–Trinajstić information content (AvgIpc) is 2.77. The summed E-state index contributed by atoms with van der Waals surface area (Å²) < 4.78 is 10.5. The number of carbonyl (C=O) groups excluding carboxylic acids is 2. The first-order chi connectivity index (χ1) is 13.7. The second kappa shape index (κ2) is 9.15. The molecule has 0 aliphatic heterocycles. The molecule has 0 aromatic heterocycles. The minimum atomic E-state index is -0.506. The lowest BCUT2D eigenvalue weighted by Crippen LogP contribution is -2.14. The van der Waals surface area contributed by atoms with E-state index >= 15 is 0 Å². The first-order valence-electron chi connectivity index (χ1n) is 8.63. The van der Waals surface area contributed by atoms with E-state index in [0.717, 1.165) is 5.56 Å². The third kappa shape index (κ3) is 5.05. The van der Waals surface area contributed by atoms with Crippen LogP contribution in [0.4, 0.5) is 0 Å². The molecule has 0 spiro atoms. The number of carbonyl (C=O) groups is 2. The third-order valence-corrected chi connectivity index (χ3v) is 3.99. The summed E-state index contributed by atoms with van der Waals surface area (Å²) in [7, 11) is 0. The fraction of sp³-hybridized carbons (Fsp3) is 0.0870. The number of rotatable bonds is 7. The second-order valence-electron chi connectivity index (χ2n) is 5.98. The van der Waals surface area contributed by atoms with Crippen LogP contribution in [-0.2, 0) is 16.1 Å². The van der Waals surface area contributed by atoms with Crippen LogP contribution in [-0.4, -0.2) is 18.4 Å². The van der Waals surface area contributed by atoms with Crippen molar-refractivity contribution in [2.24, 2.45) is 0 Å². The Morgan fingerprint density at radius 2 is 1.46 bits per heavy atom. The van der Waals surface area contributed by atoms with E-state index in [1.54, 1.807) is 60.7 Å². The fourth-order valence-corrected chi connectivity index (χ4v) is 2.48. The van der Waals surface area contributed by atoms with Gasteiger partial charge >= 0.3 is 5.97 Å². The lowest BCUT2D eigenvalue weighted by atomic mass is 10.0. The van der Waals surface area contributed by atoms with Gasteiger partial charge in [0, 0.05) is 11.1 Å². The Balaban J connectivity index is 1.48. The maximum absolute atomic E-state index is 12.4. The van der Waals surface area contributed by atoms with Crippen LogP contribution in [0.2, 0.25) is 0 Å². The van der Waals surface area contributed by atoms with Gasteiger partial charge in [0.2, 0.25) is 0 Å². The Labute approximate surface area is 162 Å². The molecule has 0 bridgehead atoms. The maximum Gasteiger partial charge on any atom is 0.344 e. The minimum Gasteiger partial charge on any atom is -0.482 e. The normalized spacial score (nSPS) is 9.96. The first-order valence-corrected chi connectivity index (χ1v) is 8.63. The molecule has 0 fully saturated rings. The largest absolute Gasteiger partial charge is 0.482 e. The number of hydrogen-bond donors (Lipinski definition) is 0. The van der Waals surface area contributed by atoms with Crippen molar-refractivity contribution in [1.82, 2.24) is 0 Å². The smallest absolute Gasteiger partial charge is 0.344 e. The van der Waals surface area contributed by atoms with Crippen LogP contribution in [0.25, 0.3) is 0 Å².